The Balaban J connectivity index is 2.02. The molecule has 0 aromatic heterocycles. The van der Waals surface area contributed by atoms with Crippen molar-refractivity contribution >= 4 is 12.0 Å². The van der Waals surface area contributed by atoms with Crippen molar-refractivity contribution in [2.45, 2.75) is 32.2 Å². The SMILES string of the molecule is CC1CCN(C(=O)N2CCC(CN)C2)C(C(=O)O)C1. The van der Waals surface area contributed by atoms with Gasteiger partial charge in [-0.15, -0.1) is 0 Å². The first-order valence-corrected chi connectivity index (χ1v) is 7.01. The van der Waals surface area contributed by atoms with Crippen molar-refractivity contribution in [1.29, 1.82) is 0 Å². The molecular formula is C13H23N3O3. The summed E-state index contributed by atoms with van der Waals surface area (Å²) < 4.78 is 0. The fourth-order valence-electron chi connectivity index (χ4n) is 2.99. The van der Waals surface area contributed by atoms with E-state index in [0.29, 0.717) is 44.4 Å². The fourth-order valence-corrected chi connectivity index (χ4v) is 2.99. The van der Waals surface area contributed by atoms with E-state index >= 15 is 0 Å². The summed E-state index contributed by atoms with van der Waals surface area (Å²) >= 11 is 0. The molecule has 2 amide bonds. The third-order valence-corrected chi connectivity index (χ3v) is 4.29. The highest BCUT2D eigenvalue weighted by molar-refractivity contribution is 5.83. The normalized spacial score (nSPS) is 31.6. The Labute approximate surface area is 113 Å². The number of carboxylic acids is 1. The Morgan fingerprint density at radius 1 is 1.32 bits per heavy atom. The maximum atomic E-state index is 12.4. The van der Waals surface area contributed by atoms with Gasteiger partial charge in [0.05, 0.1) is 0 Å². The second kappa shape index (κ2) is 5.77. The minimum absolute atomic E-state index is 0.129. The van der Waals surface area contributed by atoms with Crippen LogP contribution in [0.5, 0.6) is 0 Å². The minimum atomic E-state index is -0.894. The highest BCUT2D eigenvalue weighted by Crippen LogP contribution is 2.25. The molecule has 3 atom stereocenters. The van der Waals surface area contributed by atoms with E-state index in [2.05, 4.69) is 0 Å². The maximum Gasteiger partial charge on any atom is 0.326 e. The number of likely N-dealkylation sites (tertiary alicyclic amines) is 2. The first-order chi connectivity index (χ1) is 9.02. The molecule has 2 heterocycles. The number of carbonyl (C=O) groups excluding carboxylic acids is 1. The lowest BCUT2D eigenvalue weighted by atomic mass is 9.93. The van der Waals surface area contributed by atoms with Gasteiger partial charge in [0.2, 0.25) is 0 Å². The summed E-state index contributed by atoms with van der Waals surface area (Å²) in [5, 5.41) is 9.28. The second-order valence-corrected chi connectivity index (χ2v) is 5.80. The first kappa shape index (κ1) is 14.1. The van der Waals surface area contributed by atoms with Crippen LogP contribution in [0.25, 0.3) is 0 Å². The molecule has 6 heteroatoms. The van der Waals surface area contributed by atoms with Gasteiger partial charge in [-0.3, -0.25) is 0 Å². The number of carboxylic acid groups (broad SMARTS) is 1. The van der Waals surface area contributed by atoms with Crippen LogP contribution in [0, 0.1) is 11.8 Å². The van der Waals surface area contributed by atoms with Crippen LogP contribution >= 0.6 is 0 Å². The lowest BCUT2D eigenvalue weighted by molar-refractivity contribution is -0.144. The molecule has 2 saturated heterocycles. The van der Waals surface area contributed by atoms with Gasteiger partial charge in [0, 0.05) is 19.6 Å². The number of nitrogens with zero attached hydrogens (tertiary/aromatic N) is 2. The van der Waals surface area contributed by atoms with Crippen molar-refractivity contribution in [3.8, 4) is 0 Å². The van der Waals surface area contributed by atoms with Crippen molar-refractivity contribution in [3.05, 3.63) is 0 Å². The van der Waals surface area contributed by atoms with Crippen LogP contribution in [0.15, 0.2) is 0 Å². The van der Waals surface area contributed by atoms with Gasteiger partial charge in [0.15, 0.2) is 0 Å². The highest BCUT2D eigenvalue weighted by Gasteiger charge is 2.38. The van der Waals surface area contributed by atoms with E-state index in [1.807, 2.05) is 6.92 Å². The molecule has 0 bridgehead atoms. The molecule has 6 nitrogen and oxygen atoms in total. The molecule has 19 heavy (non-hydrogen) atoms. The van der Waals surface area contributed by atoms with Gasteiger partial charge >= 0.3 is 12.0 Å². The number of piperidine rings is 1. The lowest BCUT2D eigenvalue weighted by Crippen LogP contribution is -2.54. The predicted octanol–water partition coefficient (Wildman–Crippen LogP) is 0.572. The van der Waals surface area contributed by atoms with Crippen LogP contribution in [-0.4, -0.2) is 59.1 Å². The monoisotopic (exact) mass is 269 g/mol. The molecule has 108 valence electrons. The predicted molar refractivity (Wildman–Crippen MR) is 70.7 cm³/mol. The van der Waals surface area contributed by atoms with Crippen molar-refractivity contribution in [1.82, 2.24) is 9.80 Å². The molecule has 3 unspecified atom stereocenters. The molecule has 0 aromatic carbocycles. The highest BCUT2D eigenvalue weighted by atomic mass is 16.4. The Morgan fingerprint density at radius 3 is 2.63 bits per heavy atom. The first-order valence-electron chi connectivity index (χ1n) is 7.01. The number of nitrogens with two attached hydrogens (primary N) is 1. The van der Waals surface area contributed by atoms with Crippen LogP contribution in [0.4, 0.5) is 4.79 Å². The fraction of sp³-hybridized carbons (Fsp3) is 0.846. The zero-order valence-corrected chi connectivity index (χ0v) is 11.4. The summed E-state index contributed by atoms with van der Waals surface area (Å²) in [6.45, 7) is 4.52. The number of urea groups is 1. The average molecular weight is 269 g/mol. The summed E-state index contributed by atoms with van der Waals surface area (Å²) in [7, 11) is 0. The molecule has 2 aliphatic rings. The maximum absolute atomic E-state index is 12.4. The van der Waals surface area contributed by atoms with Gasteiger partial charge in [-0.05, 0) is 37.6 Å². The third-order valence-electron chi connectivity index (χ3n) is 4.29. The number of hydrogen-bond acceptors (Lipinski definition) is 3. The Morgan fingerprint density at radius 2 is 2.05 bits per heavy atom. The summed E-state index contributed by atoms with van der Waals surface area (Å²) in [6.07, 6.45) is 2.35. The summed E-state index contributed by atoms with van der Waals surface area (Å²) in [5.41, 5.74) is 5.62. The zero-order valence-electron chi connectivity index (χ0n) is 11.4. The largest absolute Gasteiger partial charge is 0.480 e. The Bertz CT molecular complexity index is 361. The second-order valence-electron chi connectivity index (χ2n) is 5.80. The van der Waals surface area contributed by atoms with E-state index in [4.69, 9.17) is 5.73 Å². The van der Waals surface area contributed by atoms with E-state index in [-0.39, 0.29) is 6.03 Å². The molecule has 0 radical (unpaired) electrons. The van der Waals surface area contributed by atoms with E-state index in [1.54, 1.807) is 4.90 Å². The minimum Gasteiger partial charge on any atom is -0.480 e. The third kappa shape index (κ3) is 3.00. The average Bonchev–Trinajstić information content (AvgIpc) is 2.86. The molecule has 2 aliphatic heterocycles. The van der Waals surface area contributed by atoms with Gasteiger partial charge in [0.25, 0.3) is 0 Å². The van der Waals surface area contributed by atoms with Crippen molar-refractivity contribution < 1.29 is 14.7 Å². The number of aliphatic carboxylic acids is 1. The standard InChI is InChI=1S/C13H23N3O3/c1-9-2-5-16(11(6-9)12(17)18)13(19)15-4-3-10(7-14)8-15/h9-11H,2-8,14H2,1H3,(H,17,18). The quantitative estimate of drug-likeness (QED) is 0.767. The van der Waals surface area contributed by atoms with Gasteiger partial charge < -0.3 is 20.6 Å². The number of amides is 2. The van der Waals surface area contributed by atoms with Gasteiger partial charge in [-0.1, -0.05) is 6.92 Å². The van der Waals surface area contributed by atoms with Gasteiger partial charge in [0.1, 0.15) is 6.04 Å². The smallest absolute Gasteiger partial charge is 0.326 e. The number of carbonyl (C=O) groups is 2. The van der Waals surface area contributed by atoms with E-state index in [9.17, 15) is 14.7 Å². The summed E-state index contributed by atoms with van der Waals surface area (Å²) in [4.78, 5) is 27.0. The van der Waals surface area contributed by atoms with Crippen LogP contribution in [-0.2, 0) is 4.79 Å². The van der Waals surface area contributed by atoms with E-state index in [1.165, 1.54) is 4.90 Å². The molecule has 0 aliphatic carbocycles. The summed E-state index contributed by atoms with van der Waals surface area (Å²) in [6, 6.07) is -0.802. The van der Waals surface area contributed by atoms with Crippen LogP contribution in [0.2, 0.25) is 0 Å². The van der Waals surface area contributed by atoms with E-state index < -0.39 is 12.0 Å². The van der Waals surface area contributed by atoms with Crippen molar-refractivity contribution in [3.63, 3.8) is 0 Å². The van der Waals surface area contributed by atoms with Gasteiger partial charge in [-0.2, -0.15) is 0 Å². The van der Waals surface area contributed by atoms with Crippen LogP contribution in [0.3, 0.4) is 0 Å². The topological polar surface area (TPSA) is 86.9 Å². The van der Waals surface area contributed by atoms with Crippen LogP contribution < -0.4 is 5.73 Å². The van der Waals surface area contributed by atoms with Gasteiger partial charge in [-0.25, -0.2) is 9.59 Å². The molecule has 2 rings (SSSR count). The summed E-state index contributed by atoms with van der Waals surface area (Å²) in [5.74, 6) is -0.175. The number of hydrogen-bond donors (Lipinski definition) is 2. The van der Waals surface area contributed by atoms with Crippen LogP contribution in [0.1, 0.15) is 26.2 Å². The molecule has 2 fully saturated rings. The van der Waals surface area contributed by atoms with E-state index in [0.717, 1.165) is 12.8 Å². The molecular weight excluding hydrogens is 246 g/mol. The molecule has 0 aromatic rings. The number of rotatable bonds is 2. The van der Waals surface area contributed by atoms with Crippen molar-refractivity contribution in [2.24, 2.45) is 17.6 Å². The molecule has 0 spiro atoms. The molecule has 0 saturated carbocycles. The Hall–Kier alpha value is -1.30. The zero-order chi connectivity index (χ0) is 14.0. The van der Waals surface area contributed by atoms with Crippen molar-refractivity contribution in [2.75, 3.05) is 26.2 Å². The lowest BCUT2D eigenvalue weighted by Gasteiger charge is -2.38. The Kier molecular flexibility index (Phi) is 4.29. The molecule has 3 N–H and O–H groups in total.